The first-order valence-corrected chi connectivity index (χ1v) is 6.07. The first-order valence-electron chi connectivity index (χ1n) is 6.07. The summed E-state index contributed by atoms with van der Waals surface area (Å²) in [6.07, 6.45) is -0.0482. The molecule has 1 amide bonds. The van der Waals surface area contributed by atoms with Gasteiger partial charge in [0.05, 0.1) is 12.5 Å². The van der Waals surface area contributed by atoms with E-state index in [0.717, 1.165) is 0 Å². The van der Waals surface area contributed by atoms with Gasteiger partial charge in [-0.25, -0.2) is 4.79 Å². The van der Waals surface area contributed by atoms with Crippen LogP contribution in [0.15, 0.2) is 0 Å². The Balaban J connectivity index is 2.41. The predicted octanol–water partition coefficient (Wildman–Crippen LogP) is 1.25. The van der Waals surface area contributed by atoms with Crippen molar-refractivity contribution < 1.29 is 24.2 Å². The van der Waals surface area contributed by atoms with E-state index in [2.05, 4.69) is 5.32 Å². The van der Waals surface area contributed by atoms with Crippen molar-refractivity contribution in [1.82, 2.24) is 5.32 Å². The standard InChI is InChI=1S/C12H21NO5/c1-12(2,3)18-11(16)13-6-8-7-17-5-4-9(8)10(14)15/h8-9H,4-7H2,1-3H3,(H,13,16)(H,14,15)/t8-,9-/m1/s1. The van der Waals surface area contributed by atoms with Crippen LogP contribution in [0.3, 0.4) is 0 Å². The lowest BCUT2D eigenvalue weighted by Crippen LogP contribution is -2.42. The van der Waals surface area contributed by atoms with Crippen molar-refractivity contribution in [3.05, 3.63) is 0 Å². The molecule has 6 nitrogen and oxygen atoms in total. The van der Waals surface area contributed by atoms with E-state index >= 15 is 0 Å². The molecule has 1 rings (SSSR count). The molecule has 2 atom stereocenters. The van der Waals surface area contributed by atoms with Gasteiger partial charge in [-0.2, -0.15) is 0 Å². The Kier molecular flexibility index (Phi) is 4.95. The van der Waals surface area contributed by atoms with Gasteiger partial charge in [0.25, 0.3) is 0 Å². The van der Waals surface area contributed by atoms with Gasteiger partial charge in [-0.1, -0.05) is 0 Å². The van der Waals surface area contributed by atoms with E-state index in [0.29, 0.717) is 19.6 Å². The molecule has 0 bridgehead atoms. The summed E-state index contributed by atoms with van der Waals surface area (Å²) in [7, 11) is 0. The van der Waals surface area contributed by atoms with Crippen molar-refractivity contribution in [2.75, 3.05) is 19.8 Å². The Morgan fingerprint density at radius 3 is 2.67 bits per heavy atom. The lowest BCUT2D eigenvalue weighted by Gasteiger charge is -2.29. The third-order valence-electron chi connectivity index (χ3n) is 2.70. The van der Waals surface area contributed by atoms with Gasteiger partial charge in [-0.3, -0.25) is 4.79 Å². The molecule has 0 spiro atoms. The minimum Gasteiger partial charge on any atom is -0.481 e. The third kappa shape index (κ3) is 4.91. The van der Waals surface area contributed by atoms with Gasteiger partial charge in [0.1, 0.15) is 5.60 Å². The van der Waals surface area contributed by atoms with E-state index in [-0.39, 0.29) is 12.5 Å². The predicted molar refractivity (Wildman–Crippen MR) is 64.3 cm³/mol. The van der Waals surface area contributed by atoms with E-state index in [1.807, 2.05) is 0 Å². The molecule has 2 N–H and O–H groups in total. The number of aliphatic carboxylic acids is 1. The second kappa shape index (κ2) is 6.04. The number of ether oxygens (including phenoxy) is 2. The number of hydrogen-bond acceptors (Lipinski definition) is 4. The molecule has 1 fully saturated rings. The lowest BCUT2D eigenvalue weighted by atomic mass is 9.88. The molecule has 0 aliphatic carbocycles. The molecular formula is C12H21NO5. The summed E-state index contributed by atoms with van der Waals surface area (Å²) in [6.45, 7) is 6.39. The molecule has 0 saturated carbocycles. The molecule has 0 aromatic rings. The molecule has 1 aliphatic rings. The Morgan fingerprint density at radius 2 is 2.11 bits per heavy atom. The third-order valence-corrected chi connectivity index (χ3v) is 2.70. The second-order valence-corrected chi connectivity index (χ2v) is 5.45. The molecule has 18 heavy (non-hydrogen) atoms. The van der Waals surface area contributed by atoms with Crippen LogP contribution in [-0.4, -0.2) is 42.5 Å². The minimum atomic E-state index is -0.839. The molecular weight excluding hydrogens is 238 g/mol. The topological polar surface area (TPSA) is 84.9 Å². The van der Waals surface area contributed by atoms with Crippen LogP contribution in [0.5, 0.6) is 0 Å². The average Bonchev–Trinajstić information content (AvgIpc) is 2.24. The first-order chi connectivity index (χ1) is 8.29. The molecule has 0 unspecified atom stereocenters. The molecule has 0 aromatic heterocycles. The zero-order valence-corrected chi connectivity index (χ0v) is 11.1. The van der Waals surface area contributed by atoms with Crippen LogP contribution in [0, 0.1) is 11.8 Å². The summed E-state index contributed by atoms with van der Waals surface area (Å²) in [4.78, 5) is 22.5. The maximum atomic E-state index is 11.5. The number of carboxylic acid groups (broad SMARTS) is 1. The highest BCUT2D eigenvalue weighted by atomic mass is 16.6. The lowest BCUT2D eigenvalue weighted by molar-refractivity contribution is -0.148. The van der Waals surface area contributed by atoms with Crippen molar-refractivity contribution in [2.45, 2.75) is 32.8 Å². The number of nitrogens with one attached hydrogen (secondary N) is 1. The number of carbonyl (C=O) groups excluding carboxylic acids is 1. The Hall–Kier alpha value is -1.30. The van der Waals surface area contributed by atoms with Gasteiger partial charge in [0.15, 0.2) is 0 Å². The molecule has 104 valence electrons. The molecule has 1 heterocycles. The summed E-state index contributed by atoms with van der Waals surface area (Å²) in [5, 5.41) is 11.7. The van der Waals surface area contributed by atoms with Crippen LogP contribution in [0.1, 0.15) is 27.2 Å². The molecule has 0 radical (unpaired) electrons. The van der Waals surface area contributed by atoms with Crippen LogP contribution in [-0.2, 0) is 14.3 Å². The van der Waals surface area contributed by atoms with Crippen molar-refractivity contribution in [2.24, 2.45) is 11.8 Å². The van der Waals surface area contributed by atoms with Gasteiger partial charge < -0.3 is 19.9 Å². The molecule has 1 saturated heterocycles. The number of hydrogen-bond donors (Lipinski definition) is 2. The summed E-state index contributed by atoms with van der Waals surface area (Å²) in [5.74, 6) is -1.51. The Bertz CT molecular complexity index is 310. The number of rotatable bonds is 3. The number of carbonyl (C=O) groups is 2. The van der Waals surface area contributed by atoms with Crippen LogP contribution >= 0.6 is 0 Å². The smallest absolute Gasteiger partial charge is 0.407 e. The second-order valence-electron chi connectivity index (χ2n) is 5.45. The van der Waals surface area contributed by atoms with E-state index in [1.165, 1.54) is 0 Å². The van der Waals surface area contributed by atoms with Gasteiger partial charge in [-0.15, -0.1) is 0 Å². The van der Waals surface area contributed by atoms with Gasteiger partial charge in [0, 0.05) is 19.1 Å². The summed E-state index contributed by atoms with van der Waals surface area (Å²) >= 11 is 0. The molecule has 0 aromatic carbocycles. The van der Waals surface area contributed by atoms with Crippen LogP contribution in [0.4, 0.5) is 4.79 Å². The fourth-order valence-electron chi connectivity index (χ4n) is 1.85. The van der Waals surface area contributed by atoms with E-state index in [4.69, 9.17) is 14.6 Å². The minimum absolute atomic E-state index is 0.205. The van der Waals surface area contributed by atoms with Gasteiger partial charge in [0.2, 0.25) is 0 Å². The van der Waals surface area contributed by atoms with Crippen molar-refractivity contribution in [3.8, 4) is 0 Å². The Morgan fingerprint density at radius 1 is 1.44 bits per heavy atom. The van der Waals surface area contributed by atoms with Crippen LogP contribution in [0.25, 0.3) is 0 Å². The van der Waals surface area contributed by atoms with Crippen molar-refractivity contribution >= 4 is 12.1 Å². The zero-order valence-electron chi connectivity index (χ0n) is 11.1. The fraction of sp³-hybridized carbons (Fsp3) is 0.833. The summed E-state index contributed by atoms with van der Waals surface area (Å²) in [6, 6.07) is 0. The Labute approximate surface area is 107 Å². The van der Waals surface area contributed by atoms with E-state index in [1.54, 1.807) is 20.8 Å². The quantitative estimate of drug-likeness (QED) is 0.796. The SMILES string of the molecule is CC(C)(C)OC(=O)NC[C@@H]1COCC[C@H]1C(=O)O. The zero-order chi connectivity index (χ0) is 13.8. The number of amides is 1. The maximum Gasteiger partial charge on any atom is 0.407 e. The summed E-state index contributed by atoms with van der Waals surface area (Å²) in [5.41, 5.74) is -0.556. The van der Waals surface area contributed by atoms with Gasteiger partial charge >= 0.3 is 12.1 Å². The maximum absolute atomic E-state index is 11.5. The van der Waals surface area contributed by atoms with Crippen molar-refractivity contribution in [1.29, 1.82) is 0 Å². The largest absolute Gasteiger partial charge is 0.481 e. The monoisotopic (exact) mass is 259 g/mol. The molecule has 6 heteroatoms. The summed E-state index contributed by atoms with van der Waals surface area (Å²) < 4.78 is 10.3. The van der Waals surface area contributed by atoms with Crippen molar-refractivity contribution in [3.63, 3.8) is 0 Å². The normalized spacial score (nSPS) is 24.4. The van der Waals surface area contributed by atoms with Crippen LogP contribution in [0.2, 0.25) is 0 Å². The van der Waals surface area contributed by atoms with Gasteiger partial charge in [-0.05, 0) is 27.2 Å². The highest BCUT2D eigenvalue weighted by molar-refractivity contribution is 5.71. The first kappa shape index (κ1) is 14.8. The highest BCUT2D eigenvalue weighted by Crippen LogP contribution is 2.21. The highest BCUT2D eigenvalue weighted by Gasteiger charge is 2.32. The average molecular weight is 259 g/mol. The van der Waals surface area contributed by atoms with E-state index < -0.39 is 23.6 Å². The fourth-order valence-corrected chi connectivity index (χ4v) is 1.85. The number of alkyl carbamates (subject to hydrolysis) is 1. The number of carboxylic acids is 1. The molecule has 1 aliphatic heterocycles. The van der Waals surface area contributed by atoms with E-state index in [9.17, 15) is 9.59 Å². The van der Waals surface area contributed by atoms with Crippen LogP contribution < -0.4 is 5.32 Å².